The number of ether oxygens (including phenoxy) is 1. The van der Waals surface area contributed by atoms with E-state index in [1.165, 1.54) is 16.7 Å². The number of fused-ring (bicyclic) bond motifs is 4. The number of benzene rings is 4. The van der Waals surface area contributed by atoms with Crippen LogP contribution in [0.4, 0.5) is 0 Å². The minimum Gasteiger partial charge on any atom is -0.357 e. The Hall–Kier alpha value is -3.50. The Balaban J connectivity index is 1.43. The summed E-state index contributed by atoms with van der Waals surface area (Å²) in [7, 11) is 0. The normalized spacial score (nSPS) is 35.6. The summed E-state index contributed by atoms with van der Waals surface area (Å²) >= 11 is 0. The average Bonchev–Trinajstić information content (AvgIpc) is 3.64. The van der Waals surface area contributed by atoms with Gasteiger partial charge in [0.1, 0.15) is 11.7 Å². The second-order valence-corrected chi connectivity index (χ2v) is 10.4. The van der Waals surface area contributed by atoms with Gasteiger partial charge in [0.25, 0.3) is 0 Å². The van der Waals surface area contributed by atoms with Gasteiger partial charge < -0.3 is 4.74 Å². The summed E-state index contributed by atoms with van der Waals surface area (Å²) in [6.07, 6.45) is 3.09. The zero-order chi connectivity index (χ0) is 23.8. The van der Waals surface area contributed by atoms with E-state index in [0.717, 1.165) is 17.5 Å². The van der Waals surface area contributed by atoms with E-state index in [1.807, 2.05) is 0 Å². The molecule has 1 saturated carbocycles. The van der Waals surface area contributed by atoms with Crippen molar-refractivity contribution in [2.75, 3.05) is 0 Å². The van der Waals surface area contributed by atoms with Crippen molar-refractivity contribution in [3.05, 3.63) is 150 Å². The van der Waals surface area contributed by atoms with E-state index < -0.39 is 16.8 Å². The fraction of sp³-hybridized carbons (Fsp3) is 0.212. The predicted octanol–water partition coefficient (Wildman–Crippen LogP) is 6.77. The largest absolute Gasteiger partial charge is 0.357 e. The molecule has 4 aliphatic rings. The van der Waals surface area contributed by atoms with Crippen LogP contribution in [0.25, 0.3) is 5.57 Å². The molecule has 3 nitrogen and oxygen atoms in total. The lowest BCUT2D eigenvalue weighted by molar-refractivity contribution is -0.352. The van der Waals surface area contributed by atoms with E-state index in [9.17, 15) is 0 Å². The number of rotatable bonds is 4. The lowest BCUT2D eigenvalue weighted by atomic mass is 9.52. The van der Waals surface area contributed by atoms with Crippen LogP contribution in [0.3, 0.4) is 0 Å². The highest BCUT2D eigenvalue weighted by atomic mass is 17.2. The quantitative estimate of drug-likeness (QED) is 0.244. The van der Waals surface area contributed by atoms with Gasteiger partial charge in [-0.15, -0.1) is 0 Å². The van der Waals surface area contributed by atoms with Crippen molar-refractivity contribution in [1.82, 2.24) is 0 Å². The van der Waals surface area contributed by atoms with E-state index in [2.05, 4.69) is 127 Å². The summed E-state index contributed by atoms with van der Waals surface area (Å²) in [4.78, 5) is 13.2. The van der Waals surface area contributed by atoms with Crippen molar-refractivity contribution < 1.29 is 14.5 Å². The second-order valence-electron chi connectivity index (χ2n) is 10.4. The molecule has 2 aliphatic carbocycles. The molecule has 2 bridgehead atoms. The first-order valence-corrected chi connectivity index (χ1v) is 12.8. The lowest BCUT2D eigenvalue weighted by Gasteiger charge is -2.48. The van der Waals surface area contributed by atoms with Gasteiger partial charge in [-0.1, -0.05) is 121 Å². The maximum atomic E-state index is 6.94. The fourth-order valence-electron chi connectivity index (χ4n) is 7.37. The summed E-state index contributed by atoms with van der Waals surface area (Å²) in [6, 6.07) is 42.5. The minimum atomic E-state index is -0.706. The standard InChI is InChI=1S/C33H26O3/c1-5-13-23(14-6-1)27-22-31(24-15-7-2-8-16-24)29-21-28(27)32(25-17-9-3-10-18-25)30(34-32)33(29,36-35-31)26-19-11-4-12-20-26/h1-20,22,28-30H,21H2/t28-,29+,30-,31+,32-,33-/m0/s1. The van der Waals surface area contributed by atoms with Crippen molar-refractivity contribution in [1.29, 1.82) is 0 Å². The SMILES string of the molecule is C1=C(c2ccccc2)[C@@H]2C[C@H]3[C@](c4ccccc4)(OO[C@@]13c1ccccc1)[C@H]1O[C@]12c1ccccc1. The molecule has 8 rings (SSSR count). The Bertz CT molecular complexity index is 1450. The molecule has 0 spiro atoms. The molecule has 2 saturated heterocycles. The van der Waals surface area contributed by atoms with Gasteiger partial charge in [0, 0.05) is 11.8 Å². The molecule has 4 aromatic carbocycles. The monoisotopic (exact) mass is 470 g/mol. The lowest BCUT2D eigenvalue weighted by Crippen LogP contribution is -2.54. The van der Waals surface area contributed by atoms with Gasteiger partial charge in [-0.05, 0) is 40.3 Å². The topological polar surface area (TPSA) is 31.0 Å². The Morgan fingerprint density at radius 2 is 1.08 bits per heavy atom. The molecule has 6 atom stereocenters. The van der Waals surface area contributed by atoms with Crippen LogP contribution in [0.2, 0.25) is 0 Å². The number of hydrogen-bond acceptors (Lipinski definition) is 3. The first-order chi connectivity index (χ1) is 17.8. The van der Waals surface area contributed by atoms with Crippen LogP contribution < -0.4 is 0 Å². The predicted molar refractivity (Wildman–Crippen MR) is 137 cm³/mol. The van der Waals surface area contributed by atoms with Crippen molar-refractivity contribution in [3.8, 4) is 0 Å². The fourth-order valence-corrected chi connectivity index (χ4v) is 7.37. The highest BCUT2D eigenvalue weighted by Gasteiger charge is 2.83. The molecule has 4 aromatic rings. The van der Waals surface area contributed by atoms with Crippen molar-refractivity contribution in [3.63, 3.8) is 0 Å². The average molecular weight is 471 g/mol. The highest BCUT2D eigenvalue weighted by molar-refractivity contribution is 5.74. The third-order valence-electron chi connectivity index (χ3n) is 8.90. The van der Waals surface area contributed by atoms with E-state index in [1.54, 1.807) is 0 Å². The molecule has 36 heavy (non-hydrogen) atoms. The third-order valence-corrected chi connectivity index (χ3v) is 8.90. The highest BCUT2D eigenvalue weighted by Crippen LogP contribution is 2.76. The smallest absolute Gasteiger partial charge is 0.164 e. The molecule has 2 heterocycles. The van der Waals surface area contributed by atoms with E-state index in [4.69, 9.17) is 14.5 Å². The van der Waals surface area contributed by atoms with Crippen molar-refractivity contribution >= 4 is 5.57 Å². The van der Waals surface area contributed by atoms with Gasteiger partial charge in [-0.2, -0.15) is 0 Å². The molecule has 3 fully saturated rings. The maximum absolute atomic E-state index is 6.94. The van der Waals surface area contributed by atoms with E-state index in [0.29, 0.717) is 0 Å². The van der Waals surface area contributed by atoms with Crippen LogP contribution in [0.15, 0.2) is 127 Å². The summed E-state index contributed by atoms with van der Waals surface area (Å²) in [6.45, 7) is 0. The maximum Gasteiger partial charge on any atom is 0.164 e. The summed E-state index contributed by atoms with van der Waals surface area (Å²) in [5, 5.41) is 0. The van der Waals surface area contributed by atoms with Gasteiger partial charge in [-0.25, -0.2) is 9.78 Å². The molecule has 2 aliphatic heterocycles. The second kappa shape index (κ2) is 7.27. The van der Waals surface area contributed by atoms with Crippen LogP contribution in [0.1, 0.15) is 28.7 Å². The summed E-state index contributed by atoms with van der Waals surface area (Å²) in [5.41, 5.74) is 4.05. The van der Waals surface area contributed by atoms with Crippen LogP contribution in [0.5, 0.6) is 0 Å². The zero-order valence-corrected chi connectivity index (χ0v) is 19.8. The van der Waals surface area contributed by atoms with Crippen LogP contribution in [-0.4, -0.2) is 6.10 Å². The van der Waals surface area contributed by atoms with E-state index in [-0.39, 0.29) is 17.9 Å². The van der Waals surface area contributed by atoms with Gasteiger partial charge >= 0.3 is 0 Å². The van der Waals surface area contributed by atoms with Gasteiger partial charge in [-0.3, -0.25) is 0 Å². The molecule has 3 heteroatoms. The molecule has 0 N–H and O–H groups in total. The van der Waals surface area contributed by atoms with Gasteiger partial charge in [0.15, 0.2) is 11.2 Å². The zero-order valence-electron chi connectivity index (χ0n) is 19.8. The van der Waals surface area contributed by atoms with Crippen LogP contribution in [-0.2, 0) is 31.3 Å². The molecule has 0 amide bonds. The molecule has 0 aromatic heterocycles. The Labute approximate surface area is 210 Å². The first-order valence-electron chi connectivity index (χ1n) is 12.8. The van der Waals surface area contributed by atoms with Crippen molar-refractivity contribution in [2.24, 2.45) is 11.8 Å². The Morgan fingerprint density at radius 1 is 0.556 bits per heavy atom. The van der Waals surface area contributed by atoms with Crippen LogP contribution in [0, 0.1) is 11.8 Å². The van der Waals surface area contributed by atoms with Crippen molar-refractivity contribution in [2.45, 2.75) is 29.3 Å². The minimum absolute atomic E-state index is 0.0663. The van der Waals surface area contributed by atoms with Gasteiger partial charge in [0.2, 0.25) is 0 Å². The number of epoxide rings is 1. The third kappa shape index (κ3) is 2.48. The molecular weight excluding hydrogens is 444 g/mol. The summed E-state index contributed by atoms with van der Waals surface area (Å²) in [5.74, 6) is 0.257. The molecular formula is C33H26O3. The van der Waals surface area contributed by atoms with Gasteiger partial charge in [0.05, 0.1) is 0 Å². The Morgan fingerprint density at radius 3 is 1.69 bits per heavy atom. The van der Waals surface area contributed by atoms with E-state index >= 15 is 0 Å². The molecule has 0 radical (unpaired) electrons. The number of hydrogen-bond donors (Lipinski definition) is 0. The Kier molecular flexibility index (Phi) is 4.17. The summed E-state index contributed by atoms with van der Waals surface area (Å²) < 4.78 is 6.94. The molecule has 176 valence electrons. The first kappa shape index (κ1) is 20.7. The van der Waals surface area contributed by atoms with Crippen LogP contribution >= 0.6 is 0 Å². The molecule has 0 unspecified atom stereocenters.